The number of carbonyl (C=O) groups excluding carboxylic acids is 1. The zero-order chi connectivity index (χ0) is 17.9. The van der Waals surface area contributed by atoms with Gasteiger partial charge in [0.25, 0.3) is 5.91 Å². The molecule has 1 aromatic carbocycles. The number of hydrogen-bond acceptors (Lipinski definition) is 6. The highest BCUT2D eigenvalue weighted by Gasteiger charge is 2.26. The molecule has 1 saturated heterocycles. The van der Waals surface area contributed by atoms with Crippen molar-refractivity contribution < 1.29 is 9.53 Å². The summed E-state index contributed by atoms with van der Waals surface area (Å²) < 4.78 is 6.60. The fourth-order valence-corrected chi connectivity index (χ4v) is 3.11. The molecule has 3 heterocycles. The molecule has 0 bridgehead atoms. The molecular formula is C18H16BrN5O2. The second kappa shape index (κ2) is 7.33. The summed E-state index contributed by atoms with van der Waals surface area (Å²) in [5.74, 6) is -0.0957. The molecule has 0 spiro atoms. The molecule has 1 amide bonds. The van der Waals surface area contributed by atoms with E-state index in [9.17, 15) is 4.79 Å². The lowest BCUT2D eigenvalue weighted by Crippen LogP contribution is -2.42. The van der Waals surface area contributed by atoms with Crippen molar-refractivity contribution in [3.8, 4) is 6.01 Å². The van der Waals surface area contributed by atoms with Crippen LogP contribution in [0.1, 0.15) is 23.3 Å². The first-order valence-electron chi connectivity index (χ1n) is 8.34. The minimum absolute atomic E-state index is 0.00270. The van der Waals surface area contributed by atoms with Crippen LogP contribution < -0.4 is 4.74 Å². The number of piperidine rings is 1. The second-order valence-corrected chi connectivity index (χ2v) is 6.95. The van der Waals surface area contributed by atoms with E-state index in [1.807, 2.05) is 24.3 Å². The predicted octanol–water partition coefficient (Wildman–Crippen LogP) is 2.87. The molecule has 0 aliphatic carbocycles. The summed E-state index contributed by atoms with van der Waals surface area (Å²) in [6, 6.07) is 7.89. The minimum Gasteiger partial charge on any atom is -0.460 e. The number of likely N-dealkylation sites (tertiary alicyclic amines) is 1. The van der Waals surface area contributed by atoms with E-state index in [2.05, 4.69) is 35.9 Å². The van der Waals surface area contributed by atoms with Crippen LogP contribution >= 0.6 is 15.9 Å². The molecule has 0 N–H and O–H groups in total. The Balaban J connectivity index is 1.38. The van der Waals surface area contributed by atoms with Crippen molar-refractivity contribution in [3.63, 3.8) is 0 Å². The molecule has 4 rings (SSSR count). The molecule has 3 aromatic rings. The lowest BCUT2D eigenvalue weighted by molar-refractivity contribution is 0.0573. The summed E-state index contributed by atoms with van der Waals surface area (Å²) in [4.78, 5) is 31.5. The van der Waals surface area contributed by atoms with Gasteiger partial charge in [0.05, 0.1) is 21.7 Å². The van der Waals surface area contributed by atoms with Gasteiger partial charge in [-0.15, -0.1) is 0 Å². The third-order valence-corrected chi connectivity index (χ3v) is 4.68. The Morgan fingerprint density at radius 3 is 2.46 bits per heavy atom. The molecule has 0 saturated carbocycles. The zero-order valence-electron chi connectivity index (χ0n) is 13.9. The SMILES string of the molecule is O=C(c1cnc2ccccc2n1)N1CCC(Oc2ncc(Br)cn2)CC1. The summed E-state index contributed by atoms with van der Waals surface area (Å²) in [5.41, 5.74) is 1.88. The van der Waals surface area contributed by atoms with Gasteiger partial charge in [-0.25, -0.2) is 15.0 Å². The van der Waals surface area contributed by atoms with E-state index in [0.29, 0.717) is 24.8 Å². The Kier molecular flexibility index (Phi) is 4.75. The van der Waals surface area contributed by atoms with Crippen LogP contribution in [0.2, 0.25) is 0 Å². The number of halogens is 1. The molecule has 7 nitrogen and oxygen atoms in total. The van der Waals surface area contributed by atoms with Gasteiger partial charge in [-0.1, -0.05) is 12.1 Å². The fraction of sp³-hybridized carbons (Fsp3) is 0.278. The van der Waals surface area contributed by atoms with Gasteiger partial charge in [-0.05, 0) is 28.1 Å². The van der Waals surface area contributed by atoms with E-state index in [0.717, 1.165) is 28.3 Å². The summed E-state index contributed by atoms with van der Waals surface area (Å²) in [6.07, 6.45) is 6.31. The van der Waals surface area contributed by atoms with Gasteiger partial charge >= 0.3 is 6.01 Å². The van der Waals surface area contributed by atoms with Gasteiger partial charge in [0.15, 0.2) is 0 Å². The number of ether oxygens (including phenoxy) is 1. The van der Waals surface area contributed by atoms with E-state index in [4.69, 9.17) is 4.74 Å². The van der Waals surface area contributed by atoms with E-state index in [-0.39, 0.29) is 12.0 Å². The van der Waals surface area contributed by atoms with Crippen LogP contribution in [0.5, 0.6) is 6.01 Å². The van der Waals surface area contributed by atoms with Crippen LogP contribution in [0.4, 0.5) is 0 Å². The van der Waals surface area contributed by atoms with Crippen LogP contribution in [-0.2, 0) is 0 Å². The number of rotatable bonds is 3. The highest BCUT2D eigenvalue weighted by Crippen LogP contribution is 2.18. The van der Waals surface area contributed by atoms with Crippen molar-refractivity contribution in [2.75, 3.05) is 13.1 Å². The number of amides is 1. The normalized spacial score (nSPS) is 15.2. The van der Waals surface area contributed by atoms with E-state index in [1.54, 1.807) is 23.5 Å². The van der Waals surface area contributed by atoms with Crippen LogP contribution in [-0.4, -0.2) is 49.9 Å². The molecule has 0 atom stereocenters. The number of para-hydroxylation sites is 2. The number of nitrogens with zero attached hydrogens (tertiary/aromatic N) is 5. The molecule has 2 aromatic heterocycles. The van der Waals surface area contributed by atoms with E-state index in [1.165, 1.54) is 0 Å². The Bertz CT molecular complexity index is 926. The summed E-state index contributed by atoms with van der Waals surface area (Å²) in [7, 11) is 0. The Labute approximate surface area is 158 Å². The molecule has 1 aliphatic rings. The monoisotopic (exact) mass is 413 g/mol. The van der Waals surface area contributed by atoms with Gasteiger partial charge in [-0.2, -0.15) is 0 Å². The lowest BCUT2D eigenvalue weighted by atomic mass is 10.1. The smallest absolute Gasteiger partial charge is 0.316 e. The first kappa shape index (κ1) is 16.8. The number of fused-ring (bicyclic) bond motifs is 1. The van der Waals surface area contributed by atoms with Gasteiger partial charge in [0.1, 0.15) is 11.8 Å². The second-order valence-electron chi connectivity index (χ2n) is 6.04. The van der Waals surface area contributed by atoms with Crippen LogP contribution in [0.25, 0.3) is 11.0 Å². The maximum absolute atomic E-state index is 12.7. The van der Waals surface area contributed by atoms with Gasteiger partial charge in [-0.3, -0.25) is 9.78 Å². The largest absolute Gasteiger partial charge is 0.460 e. The molecule has 8 heteroatoms. The Morgan fingerprint density at radius 2 is 1.73 bits per heavy atom. The zero-order valence-corrected chi connectivity index (χ0v) is 15.5. The Morgan fingerprint density at radius 1 is 1.04 bits per heavy atom. The van der Waals surface area contributed by atoms with Crippen molar-refractivity contribution >= 4 is 32.9 Å². The highest BCUT2D eigenvalue weighted by molar-refractivity contribution is 9.10. The maximum atomic E-state index is 12.7. The van der Waals surface area contributed by atoms with Crippen molar-refractivity contribution in [2.45, 2.75) is 18.9 Å². The number of benzene rings is 1. The quantitative estimate of drug-likeness (QED) is 0.656. The molecule has 1 aliphatic heterocycles. The predicted molar refractivity (Wildman–Crippen MR) is 98.8 cm³/mol. The van der Waals surface area contributed by atoms with Crippen molar-refractivity contribution in [1.29, 1.82) is 0 Å². The van der Waals surface area contributed by atoms with Gasteiger partial charge in [0, 0.05) is 38.3 Å². The van der Waals surface area contributed by atoms with Crippen molar-refractivity contribution in [2.24, 2.45) is 0 Å². The summed E-state index contributed by atoms with van der Waals surface area (Å²) in [5, 5.41) is 0. The summed E-state index contributed by atoms with van der Waals surface area (Å²) >= 11 is 3.30. The van der Waals surface area contributed by atoms with Gasteiger partial charge < -0.3 is 9.64 Å². The highest BCUT2D eigenvalue weighted by atomic mass is 79.9. The number of aromatic nitrogens is 4. The van der Waals surface area contributed by atoms with Crippen LogP contribution in [0.3, 0.4) is 0 Å². The first-order valence-corrected chi connectivity index (χ1v) is 9.13. The average molecular weight is 414 g/mol. The third kappa shape index (κ3) is 3.65. The average Bonchev–Trinajstić information content (AvgIpc) is 2.69. The molecular weight excluding hydrogens is 398 g/mol. The van der Waals surface area contributed by atoms with E-state index >= 15 is 0 Å². The third-order valence-electron chi connectivity index (χ3n) is 4.27. The van der Waals surface area contributed by atoms with Gasteiger partial charge in [0.2, 0.25) is 0 Å². The number of carbonyl (C=O) groups is 1. The topological polar surface area (TPSA) is 81.1 Å². The first-order chi connectivity index (χ1) is 12.7. The van der Waals surface area contributed by atoms with Crippen molar-refractivity contribution in [3.05, 3.63) is 53.0 Å². The molecule has 26 heavy (non-hydrogen) atoms. The lowest BCUT2D eigenvalue weighted by Gasteiger charge is -2.31. The standard InChI is InChI=1S/C18H16BrN5O2/c19-12-9-21-18(22-10-12)26-13-5-7-24(8-6-13)17(25)16-11-20-14-3-1-2-4-15(14)23-16/h1-4,9-11,13H,5-8H2. The molecule has 0 radical (unpaired) electrons. The van der Waals surface area contributed by atoms with Crippen LogP contribution in [0, 0.1) is 0 Å². The molecule has 132 valence electrons. The fourth-order valence-electron chi connectivity index (χ4n) is 2.91. The summed E-state index contributed by atoms with van der Waals surface area (Å²) in [6.45, 7) is 1.21. The minimum atomic E-state index is -0.0957. The maximum Gasteiger partial charge on any atom is 0.316 e. The number of hydrogen-bond donors (Lipinski definition) is 0. The van der Waals surface area contributed by atoms with E-state index < -0.39 is 0 Å². The molecule has 1 fully saturated rings. The molecule has 0 unspecified atom stereocenters. The van der Waals surface area contributed by atoms with Crippen molar-refractivity contribution in [1.82, 2.24) is 24.8 Å². The van der Waals surface area contributed by atoms with Crippen LogP contribution in [0.15, 0.2) is 47.3 Å². The Hall–Kier alpha value is -2.61.